The molecule has 0 atom stereocenters. The number of nitrogens with zero attached hydrogens (tertiary/aromatic N) is 2. The van der Waals surface area contributed by atoms with Crippen molar-refractivity contribution in [3.8, 4) is 5.88 Å². The lowest BCUT2D eigenvalue weighted by atomic mass is 9.95. The average Bonchev–Trinajstić information content (AvgIpc) is 3.02. The van der Waals surface area contributed by atoms with E-state index in [0.29, 0.717) is 0 Å². The lowest BCUT2D eigenvalue weighted by Crippen LogP contribution is -2.26. The van der Waals surface area contributed by atoms with Gasteiger partial charge in [0.2, 0.25) is 5.88 Å². The van der Waals surface area contributed by atoms with Gasteiger partial charge < -0.3 is 9.84 Å². The van der Waals surface area contributed by atoms with E-state index in [0.717, 1.165) is 48.2 Å². The van der Waals surface area contributed by atoms with Gasteiger partial charge in [-0.2, -0.15) is 0 Å². The van der Waals surface area contributed by atoms with Gasteiger partial charge in [-0.25, -0.2) is 9.97 Å². The number of aliphatic hydroxyl groups excluding tert-OH is 1. The van der Waals surface area contributed by atoms with Crippen LogP contribution in [0.5, 0.6) is 5.88 Å². The molecule has 0 aliphatic heterocycles. The van der Waals surface area contributed by atoms with E-state index in [9.17, 15) is 5.11 Å². The molecule has 0 bridgehead atoms. The second-order valence-corrected chi connectivity index (χ2v) is 6.85. The number of hydrogen-bond donors (Lipinski definition) is 1. The van der Waals surface area contributed by atoms with Crippen LogP contribution in [0.1, 0.15) is 42.5 Å². The molecule has 5 heteroatoms. The maximum absolute atomic E-state index is 9.58. The molecule has 2 aromatic rings. The van der Waals surface area contributed by atoms with Gasteiger partial charge in [-0.1, -0.05) is 0 Å². The Morgan fingerprint density at radius 3 is 2.85 bits per heavy atom. The van der Waals surface area contributed by atoms with Gasteiger partial charge in [0, 0.05) is 4.88 Å². The van der Waals surface area contributed by atoms with Gasteiger partial charge in [0.25, 0.3) is 0 Å². The highest BCUT2D eigenvalue weighted by atomic mass is 32.1. The molecule has 106 valence electrons. The SMILES string of the molecule is O[C@H]1CC[C@H](Oc2ncnc3sc4c(c23)CCC4)CC1. The highest BCUT2D eigenvalue weighted by Gasteiger charge is 2.25. The van der Waals surface area contributed by atoms with Crippen molar-refractivity contribution in [3.63, 3.8) is 0 Å². The second kappa shape index (κ2) is 4.97. The topological polar surface area (TPSA) is 55.2 Å². The molecule has 1 fully saturated rings. The number of aromatic nitrogens is 2. The largest absolute Gasteiger partial charge is 0.474 e. The first kappa shape index (κ1) is 12.5. The van der Waals surface area contributed by atoms with E-state index in [-0.39, 0.29) is 12.2 Å². The van der Waals surface area contributed by atoms with Crippen LogP contribution in [0, 0.1) is 0 Å². The van der Waals surface area contributed by atoms with Crippen molar-refractivity contribution >= 4 is 21.6 Å². The zero-order valence-corrected chi connectivity index (χ0v) is 12.2. The minimum atomic E-state index is -0.148. The Kier molecular flexibility index (Phi) is 3.11. The lowest BCUT2D eigenvalue weighted by molar-refractivity contribution is 0.0651. The van der Waals surface area contributed by atoms with E-state index in [1.165, 1.54) is 23.3 Å². The Hall–Kier alpha value is -1.20. The monoisotopic (exact) mass is 290 g/mol. The van der Waals surface area contributed by atoms with Gasteiger partial charge in [0.1, 0.15) is 17.3 Å². The highest BCUT2D eigenvalue weighted by Crippen LogP contribution is 2.40. The van der Waals surface area contributed by atoms with Gasteiger partial charge in [0.15, 0.2) is 0 Å². The van der Waals surface area contributed by atoms with Gasteiger partial charge in [-0.3, -0.25) is 0 Å². The van der Waals surface area contributed by atoms with Crippen LogP contribution in [0.4, 0.5) is 0 Å². The number of aryl methyl sites for hydroxylation is 2. The van der Waals surface area contributed by atoms with Crippen molar-refractivity contribution < 1.29 is 9.84 Å². The molecule has 1 N–H and O–H groups in total. The number of fused-ring (bicyclic) bond motifs is 3. The summed E-state index contributed by atoms with van der Waals surface area (Å²) < 4.78 is 6.14. The van der Waals surface area contributed by atoms with E-state index in [4.69, 9.17) is 4.74 Å². The third kappa shape index (κ3) is 2.09. The summed E-state index contributed by atoms with van der Waals surface area (Å²) in [6.45, 7) is 0. The summed E-state index contributed by atoms with van der Waals surface area (Å²) >= 11 is 1.79. The average molecular weight is 290 g/mol. The molecule has 2 heterocycles. The predicted octanol–water partition coefficient (Wildman–Crippen LogP) is 2.86. The highest BCUT2D eigenvalue weighted by molar-refractivity contribution is 7.18. The lowest BCUT2D eigenvalue weighted by Gasteiger charge is -2.25. The Labute approximate surface area is 121 Å². The minimum absolute atomic E-state index is 0.148. The normalized spacial score (nSPS) is 25.9. The molecule has 4 nitrogen and oxygen atoms in total. The van der Waals surface area contributed by atoms with Crippen LogP contribution in [0.15, 0.2) is 6.33 Å². The van der Waals surface area contributed by atoms with Crippen LogP contribution >= 0.6 is 11.3 Å². The summed E-state index contributed by atoms with van der Waals surface area (Å²) in [5.41, 5.74) is 1.41. The van der Waals surface area contributed by atoms with Crippen LogP contribution in [0.25, 0.3) is 10.2 Å². The summed E-state index contributed by atoms with van der Waals surface area (Å²) in [5, 5.41) is 10.7. The fraction of sp³-hybridized carbons (Fsp3) is 0.600. The summed E-state index contributed by atoms with van der Waals surface area (Å²) in [7, 11) is 0. The second-order valence-electron chi connectivity index (χ2n) is 5.76. The number of thiophene rings is 1. The molecule has 0 aromatic carbocycles. The Balaban J connectivity index is 1.66. The Morgan fingerprint density at radius 1 is 1.15 bits per heavy atom. The number of rotatable bonds is 2. The van der Waals surface area contributed by atoms with Crippen LogP contribution < -0.4 is 4.74 Å². The van der Waals surface area contributed by atoms with Crippen molar-refractivity contribution in [1.29, 1.82) is 0 Å². The fourth-order valence-corrected chi connectivity index (χ4v) is 4.53. The van der Waals surface area contributed by atoms with Crippen molar-refractivity contribution in [2.75, 3.05) is 0 Å². The van der Waals surface area contributed by atoms with E-state index in [1.807, 2.05) is 0 Å². The molecule has 2 aliphatic carbocycles. The first-order valence-corrected chi connectivity index (χ1v) is 8.23. The molecule has 4 rings (SSSR count). The number of aliphatic hydroxyl groups is 1. The van der Waals surface area contributed by atoms with Crippen molar-refractivity contribution in [2.45, 2.75) is 57.2 Å². The maximum atomic E-state index is 9.58. The van der Waals surface area contributed by atoms with Gasteiger partial charge in [-0.15, -0.1) is 11.3 Å². The molecule has 20 heavy (non-hydrogen) atoms. The van der Waals surface area contributed by atoms with Crippen molar-refractivity contribution in [2.24, 2.45) is 0 Å². The van der Waals surface area contributed by atoms with E-state index in [2.05, 4.69) is 9.97 Å². The van der Waals surface area contributed by atoms with Crippen molar-refractivity contribution in [3.05, 3.63) is 16.8 Å². The van der Waals surface area contributed by atoms with Gasteiger partial charge in [-0.05, 0) is 50.5 Å². The van der Waals surface area contributed by atoms with Crippen molar-refractivity contribution in [1.82, 2.24) is 9.97 Å². The van der Waals surface area contributed by atoms with Crippen LogP contribution in [0.2, 0.25) is 0 Å². The smallest absolute Gasteiger partial charge is 0.225 e. The first-order chi connectivity index (χ1) is 9.81. The zero-order chi connectivity index (χ0) is 13.5. The van der Waals surface area contributed by atoms with Crippen LogP contribution in [0.3, 0.4) is 0 Å². The van der Waals surface area contributed by atoms with Gasteiger partial charge in [0.05, 0.1) is 11.5 Å². The third-order valence-electron chi connectivity index (χ3n) is 4.39. The van der Waals surface area contributed by atoms with Gasteiger partial charge >= 0.3 is 0 Å². The third-order valence-corrected chi connectivity index (χ3v) is 5.59. The summed E-state index contributed by atoms with van der Waals surface area (Å²) in [6.07, 6.45) is 8.69. The molecular weight excluding hydrogens is 272 g/mol. The molecule has 1 saturated carbocycles. The zero-order valence-electron chi connectivity index (χ0n) is 11.3. The van der Waals surface area contributed by atoms with Crippen LogP contribution in [-0.4, -0.2) is 27.3 Å². The quantitative estimate of drug-likeness (QED) is 0.924. The molecule has 0 saturated heterocycles. The summed E-state index contributed by atoms with van der Waals surface area (Å²) in [5.74, 6) is 0.760. The number of hydrogen-bond acceptors (Lipinski definition) is 5. The van der Waals surface area contributed by atoms with E-state index >= 15 is 0 Å². The Morgan fingerprint density at radius 2 is 2.00 bits per heavy atom. The maximum Gasteiger partial charge on any atom is 0.225 e. The molecule has 0 radical (unpaired) electrons. The molecule has 0 amide bonds. The first-order valence-electron chi connectivity index (χ1n) is 7.41. The minimum Gasteiger partial charge on any atom is -0.474 e. The Bertz CT molecular complexity index is 632. The van der Waals surface area contributed by atoms with E-state index < -0.39 is 0 Å². The summed E-state index contributed by atoms with van der Waals surface area (Å²) in [4.78, 5) is 11.3. The van der Waals surface area contributed by atoms with E-state index in [1.54, 1.807) is 17.7 Å². The van der Waals surface area contributed by atoms with Crippen LogP contribution in [-0.2, 0) is 12.8 Å². The molecular formula is C15H18N2O2S. The predicted molar refractivity (Wildman–Crippen MR) is 78.3 cm³/mol. The molecule has 0 spiro atoms. The molecule has 2 aromatic heterocycles. The standard InChI is InChI=1S/C15H18N2O2S/c18-9-4-6-10(7-5-9)19-14-13-11-2-1-3-12(11)20-15(13)17-8-16-14/h8-10,18H,1-7H2/t9-,10-. The number of ether oxygens (including phenoxy) is 1. The molecule has 0 unspecified atom stereocenters. The fourth-order valence-electron chi connectivity index (χ4n) is 3.31. The summed E-state index contributed by atoms with van der Waals surface area (Å²) in [6, 6.07) is 0. The molecule has 2 aliphatic rings.